The van der Waals surface area contributed by atoms with Crippen molar-refractivity contribution < 1.29 is 34.2 Å². The number of aromatic amines is 1. The number of benzene rings is 1. The van der Waals surface area contributed by atoms with Crippen LogP contribution in [0.25, 0.3) is 0 Å². The molecular weight excluding hydrogens is 510 g/mol. The number of amides is 4. The molecular formula is C25H33N7O7. The van der Waals surface area contributed by atoms with Crippen LogP contribution in [0.4, 0.5) is 0 Å². The number of nitrogens with one attached hydrogen (secondary N) is 3. The SMILES string of the molecule is NC(=O)CCC(NC(=O)C(Cc1cnc[nH]1)NC(=O)C1CCCN1C(=O)C(N)Cc1ccc(O)cc1)C(=O)O. The molecule has 1 aliphatic rings. The van der Waals surface area contributed by atoms with E-state index in [1.165, 1.54) is 29.6 Å². The molecule has 9 N–H and O–H groups in total. The molecule has 2 heterocycles. The standard InChI is InChI=1S/C25H33N7O7/c26-17(10-14-3-5-16(33)6-4-14)24(37)32-9-1-2-20(32)23(36)31-19(11-15-12-28-13-29-15)22(35)30-18(25(38)39)7-8-21(27)34/h3-6,12-13,17-20,33H,1-2,7-11,26H2,(H2,27,34)(H,28,29)(H,30,35)(H,31,36)(H,38,39). The number of aromatic hydroxyl groups is 1. The number of rotatable bonds is 13. The average Bonchev–Trinajstić information content (AvgIpc) is 3.59. The third-order valence-corrected chi connectivity index (χ3v) is 6.45. The Labute approximate surface area is 224 Å². The van der Waals surface area contributed by atoms with Gasteiger partial charge in [0.15, 0.2) is 0 Å². The summed E-state index contributed by atoms with van der Waals surface area (Å²) in [7, 11) is 0. The molecule has 14 nitrogen and oxygen atoms in total. The maximum atomic E-state index is 13.3. The van der Waals surface area contributed by atoms with Crippen molar-refractivity contribution in [3.05, 3.63) is 48.0 Å². The quantitative estimate of drug-likeness (QED) is 0.156. The van der Waals surface area contributed by atoms with Crippen molar-refractivity contribution in [1.29, 1.82) is 0 Å². The molecule has 4 atom stereocenters. The lowest BCUT2D eigenvalue weighted by Crippen LogP contribution is -2.57. The van der Waals surface area contributed by atoms with Crippen molar-refractivity contribution in [3.63, 3.8) is 0 Å². The van der Waals surface area contributed by atoms with Crippen LogP contribution in [0.5, 0.6) is 5.75 Å². The minimum absolute atomic E-state index is 0.0270. The van der Waals surface area contributed by atoms with Crippen molar-refractivity contribution >= 4 is 29.6 Å². The van der Waals surface area contributed by atoms with E-state index in [1.807, 2.05) is 0 Å². The Morgan fingerprint density at radius 1 is 1.10 bits per heavy atom. The molecule has 1 aromatic carbocycles. The summed E-state index contributed by atoms with van der Waals surface area (Å²) >= 11 is 0. The summed E-state index contributed by atoms with van der Waals surface area (Å²) in [5.74, 6) is -3.77. The Balaban J connectivity index is 1.70. The van der Waals surface area contributed by atoms with E-state index in [1.54, 1.807) is 12.1 Å². The lowest BCUT2D eigenvalue weighted by Gasteiger charge is -2.28. The van der Waals surface area contributed by atoms with Crippen LogP contribution in [-0.2, 0) is 36.8 Å². The molecule has 4 amide bonds. The van der Waals surface area contributed by atoms with Gasteiger partial charge in [-0.1, -0.05) is 12.1 Å². The van der Waals surface area contributed by atoms with Crippen LogP contribution >= 0.6 is 0 Å². The number of carboxylic acids is 1. The fraction of sp³-hybridized carbons (Fsp3) is 0.440. The first-order valence-corrected chi connectivity index (χ1v) is 12.5. The largest absolute Gasteiger partial charge is 0.508 e. The third kappa shape index (κ3) is 8.26. The highest BCUT2D eigenvalue weighted by molar-refractivity contribution is 5.94. The first-order valence-electron chi connectivity index (χ1n) is 12.5. The van der Waals surface area contributed by atoms with Crippen LogP contribution in [0.1, 0.15) is 36.9 Å². The van der Waals surface area contributed by atoms with E-state index < -0.39 is 53.8 Å². The van der Waals surface area contributed by atoms with Crippen LogP contribution in [-0.4, -0.2) is 85.4 Å². The Kier molecular flexibility index (Phi) is 9.98. The van der Waals surface area contributed by atoms with Gasteiger partial charge in [-0.25, -0.2) is 9.78 Å². The van der Waals surface area contributed by atoms with Gasteiger partial charge < -0.3 is 42.2 Å². The number of nitrogens with two attached hydrogens (primary N) is 2. The average molecular weight is 544 g/mol. The Bertz CT molecular complexity index is 1170. The van der Waals surface area contributed by atoms with Crippen molar-refractivity contribution in [2.24, 2.45) is 11.5 Å². The van der Waals surface area contributed by atoms with Crippen molar-refractivity contribution in [2.75, 3.05) is 6.54 Å². The number of hydrogen-bond donors (Lipinski definition) is 7. The second kappa shape index (κ2) is 13.4. The molecule has 1 fully saturated rings. The van der Waals surface area contributed by atoms with Gasteiger partial charge in [-0.2, -0.15) is 0 Å². The monoisotopic (exact) mass is 543 g/mol. The fourth-order valence-corrected chi connectivity index (χ4v) is 4.40. The third-order valence-electron chi connectivity index (χ3n) is 6.45. The summed E-state index contributed by atoms with van der Waals surface area (Å²) in [4.78, 5) is 70.3. The summed E-state index contributed by atoms with van der Waals surface area (Å²) in [5, 5.41) is 23.9. The number of hydrogen-bond acceptors (Lipinski definition) is 8. The normalized spacial score (nSPS) is 17.2. The number of nitrogens with zero attached hydrogens (tertiary/aromatic N) is 2. The molecule has 1 saturated heterocycles. The number of carbonyl (C=O) groups is 5. The highest BCUT2D eigenvalue weighted by Crippen LogP contribution is 2.20. The number of phenols is 1. The topological polar surface area (TPSA) is 234 Å². The second-order valence-electron chi connectivity index (χ2n) is 9.41. The second-order valence-corrected chi connectivity index (χ2v) is 9.41. The molecule has 0 bridgehead atoms. The molecule has 1 aromatic heterocycles. The molecule has 0 saturated carbocycles. The number of carbonyl (C=O) groups excluding carboxylic acids is 4. The molecule has 3 rings (SSSR count). The lowest BCUT2D eigenvalue weighted by atomic mass is 10.0. The molecule has 0 aliphatic carbocycles. The number of aromatic nitrogens is 2. The number of aliphatic carboxylic acids is 1. The van der Waals surface area contributed by atoms with Gasteiger partial charge in [0, 0.05) is 31.3 Å². The van der Waals surface area contributed by atoms with E-state index in [-0.39, 0.29) is 31.4 Å². The molecule has 0 radical (unpaired) electrons. The van der Waals surface area contributed by atoms with Gasteiger partial charge >= 0.3 is 5.97 Å². The van der Waals surface area contributed by atoms with Crippen LogP contribution in [0.3, 0.4) is 0 Å². The van der Waals surface area contributed by atoms with E-state index in [4.69, 9.17) is 11.5 Å². The molecule has 39 heavy (non-hydrogen) atoms. The predicted molar refractivity (Wildman–Crippen MR) is 137 cm³/mol. The predicted octanol–water partition coefficient (Wildman–Crippen LogP) is -1.46. The van der Waals surface area contributed by atoms with Crippen LogP contribution in [0.15, 0.2) is 36.8 Å². The van der Waals surface area contributed by atoms with E-state index in [0.717, 1.165) is 5.56 Å². The minimum atomic E-state index is -1.39. The highest BCUT2D eigenvalue weighted by atomic mass is 16.4. The molecule has 2 aromatic rings. The molecule has 0 spiro atoms. The zero-order valence-electron chi connectivity index (χ0n) is 21.2. The highest BCUT2D eigenvalue weighted by Gasteiger charge is 2.38. The van der Waals surface area contributed by atoms with Gasteiger partial charge in [0.1, 0.15) is 23.9 Å². The van der Waals surface area contributed by atoms with E-state index >= 15 is 0 Å². The summed E-state index contributed by atoms with van der Waals surface area (Å²) in [6, 6.07) is 1.91. The van der Waals surface area contributed by atoms with Crippen molar-refractivity contribution in [2.45, 2.75) is 62.7 Å². The molecule has 14 heteroatoms. The van der Waals surface area contributed by atoms with E-state index in [9.17, 15) is 34.2 Å². The van der Waals surface area contributed by atoms with Gasteiger partial charge in [-0.15, -0.1) is 0 Å². The summed E-state index contributed by atoms with van der Waals surface area (Å²) in [5.41, 5.74) is 12.5. The van der Waals surface area contributed by atoms with E-state index in [0.29, 0.717) is 25.1 Å². The number of imidazole rings is 1. The maximum absolute atomic E-state index is 13.3. The van der Waals surface area contributed by atoms with Crippen LogP contribution in [0, 0.1) is 0 Å². The summed E-state index contributed by atoms with van der Waals surface area (Å²) < 4.78 is 0. The molecule has 4 unspecified atom stereocenters. The van der Waals surface area contributed by atoms with Crippen LogP contribution < -0.4 is 22.1 Å². The number of phenolic OH excluding ortho intramolecular Hbond substituents is 1. The van der Waals surface area contributed by atoms with Crippen molar-refractivity contribution in [1.82, 2.24) is 25.5 Å². The number of carboxylic acid groups (broad SMARTS) is 1. The Morgan fingerprint density at radius 2 is 1.82 bits per heavy atom. The molecule has 1 aliphatic heterocycles. The number of likely N-dealkylation sites (tertiary alicyclic amines) is 1. The van der Waals surface area contributed by atoms with Gasteiger partial charge in [0.25, 0.3) is 0 Å². The summed E-state index contributed by atoms with van der Waals surface area (Å²) in [6.07, 6.45) is 3.48. The van der Waals surface area contributed by atoms with Gasteiger partial charge in [0.2, 0.25) is 23.6 Å². The molecule has 210 valence electrons. The van der Waals surface area contributed by atoms with Crippen LogP contribution in [0.2, 0.25) is 0 Å². The smallest absolute Gasteiger partial charge is 0.326 e. The Hall–Kier alpha value is -4.46. The van der Waals surface area contributed by atoms with Gasteiger partial charge in [0.05, 0.1) is 12.4 Å². The maximum Gasteiger partial charge on any atom is 0.326 e. The minimum Gasteiger partial charge on any atom is -0.508 e. The van der Waals surface area contributed by atoms with Crippen molar-refractivity contribution in [3.8, 4) is 5.75 Å². The van der Waals surface area contributed by atoms with Gasteiger partial charge in [-0.05, 0) is 43.4 Å². The summed E-state index contributed by atoms with van der Waals surface area (Å²) in [6.45, 7) is 0.311. The lowest BCUT2D eigenvalue weighted by molar-refractivity contribution is -0.143. The first-order chi connectivity index (χ1) is 18.5. The number of H-pyrrole nitrogens is 1. The van der Waals surface area contributed by atoms with Gasteiger partial charge in [-0.3, -0.25) is 19.2 Å². The Morgan fingerprint density at radius 3 is 2.44 bits per heavy atom. The van der Waals surface area contributed by atoms with E-state index in [2.05, 4.69) is 20.6 Å². The zero-order chi connectivity index (χ0) is 28.5. The number of primary amides is 1. The fourth-order valence-electron chi connectivity index (χ4n) is 4.40. The first kappa shape index (κ1) is 29.1. The zero-order valence-corrected chi connectivity index (χ0v) is 21.2.